The minimum absolute atomic E-state index is 0.0927. The highest BCUT2D eigenvalue weighted by Crippen LogP contribution is 2.41. The van der Waals surface area contributed by atoms with Crippen molar-refractivity contribution in [3.63, 3.8) is 0 Å². The maximum Gasteiger partial charge on any atom is 0.344 e. The Hall–Kier alpha value is -3.27. The van der Waals surface area contributed by atoms with Crippen LogP contribution in [0, 0.1) is 20.8 Å². The number of aryl methyl sites for hydroxylation is 2. The van der Waals surface area contributed by atoms with Crippen LogP contribution in [0.4, 0.5) is 11.4 Å². The number of morpholine rings is 1. The van der Waals surface area contributed by atoms with Gasteiger partial charge in [-0.05, 0) is 91.7 Å². The number of nitrogens with zero attached hydrogens (tertiary/aromatic N) is 3. The zero-order valence-electron chi connectivity index (χ0n) is 23.0. The van der Waals surface area contributed by atoms with Crippen molar-refractivity contribution in [3.8, 4) is 5.69 Å². The number of aliphatic hydroxyl groups excluding tert-OH is 1. The van der Waals surface area contributed by atoms with Gasteiger partial charge in [-0.3, -0.25) is 0 Å². The third-order valence-electron chi connectivity index (χ3n) is 6.93. The van der Waals surface area contributed by atoms with Gasteiger partial charge in [0, 0.05) is 34.6 Å². The molecule has 2 aliphatic rings. The van der Waals surface area contributed by atoms with Gasteiger partial charge in [0.25, 0.3) is 0 Å². The summed E-state index contributed by atoms with van der Waals surface area (Å²) in [6.45, 7) is 11.3. The lowest BCUT2D eigenvalue weighted by Crippen LogP contribution is -2.36. The molecule has 7 nitrogen and oxygen atoms in total. The van der Waals surface area contributed by atoms with Crippen LogP contribution < -0.4 is 4.90 Å². The third kappa shape index (κ3) is 5.77. The quantitative estimate of drug-likeness (QED) is 0.293. The van der Waals surface area contributed by atoms with E-state index in [1.54, 1.807) is 6.92 Å². The molecule has 0 unspecified atom stereocenters. The number of anilines is 1. The first-order chi connectivity index (χ1) is 19.3. The second-order valence-electron chi connectivity index (χ2n) is 9.70. The lowest BCUT2D eigenvalue weighted by molar-refractivity contribution is -0.138. The summed E-state index contributed by atoms with van der Waals surface area (Å²) in [5.41, 5.74) is 7.12. The predicted octanol–water partition coefficient (Wildman–Crippen LogP) is 7.19. The van der Waals surface area contributed by atoms with E-state index >= 15 is 0 Å². The van der Waals surface area contributed by atoms with Crippen LogP contribution in [-0.4, -0.2) is 53.6 Å². The highest BCUT2D eigenvalue weighted by atomic mass is 79.9. The number of esters is 1. The van der Waals surface area contributed by atoms with E-state index in [0.29, 0.717) is 15.6 Å². The first kappa shape index (κ1) is 28.3. The first-order valence-corrected chi connectivity index (χ1v) is 14.8. The van der Waals surface area contributed by atoms with Crippen LogP contribution >= 0.6 is 27.7 Å². The molecule has 0 bridgehead atoms. The second kappa shape index (κ2) is 12.1. The van der Waals surface area contributed by atoms with E-state index in [-0.39, 0.29) is 17.9 Å². The zero-order chi connectivity index (χ0) is 28.4. The number of benzene rings is 2. The van der Waals surface area contributed by atoms with Crippen LogP contribution in [0.1, 0.15) is 29.4 Å². The molecular weight excluding hydrogens is 590 g/mol. The molecule has 0 atom stereocenters. The Morgan fingerprint density at radius 1 is 1.12 bits per heavy atom. The van der Waals surface area contributed by atoms with Crippen molar-refractivity contribution in [3.05, 3.63) is 91.8 Å². The summed E-state index contributed by atoms with van der Waals surface area (Å²) in [5.74, 6) is -0.700. The topological polar surface area (TPSA) is 76.3 Å². The molecule has 3 heterocycles. The van der Waals surface area contributed by atoms with Crippen molar-refractivity contribution >= 4 is 56.2 Å². The highest BCUT2D eigenvalue weighted by Gasteiger charge is 2.33. The molecule has 1 N–H and O–H groups in total. The minimum Gasteiger partial charge on any atom is -0.506 e. The minimum atomic E-state index is -0.586. The van der Waals surface area contributed by atoms with E-state index in [1.807, 2.05) is 37.3 Å². The van der Waals surface area contributed by atoms with Crippen LogP contribution in [0.3, 0.4) is 0 Å². The van der Waals surface area contributed by atoms with Gasteiger partial charge in [-0.25, -0.2) is 9.79 Å². The SMILES string of the molecule is CCOC(=O)C1=C(O)/C(=C/c2cc(C)n(-c3ccc(N4CCOCC4)c(Br)c3)c2C)SC1=Nc1ccc(C)cc1. The Balaban J connectivity index is 1.49. The normalized spacial score (nSPS) is 17.8. The van der Waals surface area contributed by atoms with Gasteiger partial charge in [0.2, 0.25) is 0 Å². The fourth-order valence-corrected chi connectivity index (χ4v) is 6.54. The summed E-state index contributed by atoms with van der Waals surface area (Å²) in [7, 11) is 0. The number of halogens is 1. The molecule has 1 fully saturated rings. The number of hydrogen-bond donors (Lipinski definition) is 1. The number of hydrogen-bond acceptors (Lipinski definition) is 7. The maximum atomic E-state index is 12.8. The molecule has 1 saturated heterocycles. The number of aliphatic hydroxyl groups is 1. The standard InChI is InChI=1S/C31H32BrN3O4S/c1-5-39-31(37)28-29(36)27(40-30(28)33-23-8-6-19(2)7-9-23)17-22-16-20(3)35(21(22)4)24-10-11-26(25(32)18-24)34-12-14-38-15-13-34/h6-11,16-18,36H,5,12-15H2,1-4H3/b27-17-,33-30?. The number of aliphatic imine (C=N–C) groups is 1. The van der Waals surface area contributed by atoms with Gasteiger partial charge in [0.15, 0.2) is 0 Å². The Bertz CT molecular complexity index is 1530. The molecule has 0 spiro atoms. The predicted molar refractivity (Wildman–Crippen MR) is 166 cm³/mol. The average Bonchev–Trinajstić information content (AvgIpc) is 3.39. The summed E-state index contributed by atoms with van der Waals surface area (Å²) in [4.78, 5) is 20.4. The fourth-order valence-electron chi connectivity index (χ4n) is 4.90. The molecule has 208 valence electrons. The summed E-state index contributed by atoms with van der Waals surface area (Å²) >= 11 is 5.05. The van der Waals surface area contributed by atoms with Crippen molar-refractivity contribution in [1.29, 1.82) is 0 Å². The Morgan fingerprint density at radius 2 is 1.85 bits per heavy atom. The van der Waals surface area contributed by atoms with Crippen molar-refractivity contribution in [2.75, 3.05) is 37.8 Å². The van der Waals surface area contributed by atoms with Crippen LogP contribution in [0.25, 0.3) is 11.8 Å². The molecule has 3 aromatic rings. The summed E-state index contributed by atoms with van der Waals surface area (Å²) in [6, 6.07) is 16.2. The molecular formula is C31H32BrN3O4S. The highest BCUT2D eigenvalue weighted by molar-refractivity contribution is 9.10. The third-order valence-corrected chi connectivity index (χ3v) is 8.59. The van der Waals surface area contributed by atoms with E-state index in [2.05, 4.69) is 68.5 Å². The van der Waals surface area contributed by atoms with Gasteiger partial charge >= 0.3 is 5.97 Å². The molecule has 0 saturated carbocycles. The maximum absolute atomic E-state index is 12.8. The van der Waals surface area contributed by atoms with E-state index in [1.165, 1.54) is 11.8 Å². The summed E-state index contributed by atoms with van der Waals surface area (Å²) in [5, 5.41) is 11.6. The number of thioether (sulfide) groups is 1. The average molecular weight is 623 g/mol. The molecule has 40 heavy (non-hydrogen) atoms. The molecule has 0 amide bonds. The van der Waals surface area contributed by atoms with Gasteiger partial charge in [-0.15, -0.1) is 0 Å². The first-order valence-electron chi connectivity index (χ1n) is 13.2. The molecule has 0 radical (unpaired) electrons. The van der Waals surface area contributed by atoms with Gasteiger partial charge in [-0.1, -0.05) is 29.5 Å². The van der Waals surface area contributed by atoms with E-state index in [0.717, 1.165) is 64.7 Å². The Morgan fingerprint density at radius 3 is 2.52 bits per heavy atom. The van der Waals surface area contributed by atoms with Crippen molar-refractivity contribution in [1.82, 2.24) is 4.57 Å². The van der Waals surface area contributed by atoms with Crippen LogP contribution in [-0.2, 0) is 14.3 Å². The van der Waals surface area contributed by atoms with E-state index < -0.39 is 5.97 Å². The van der Waals surface area contributed by atoms with Gasteiger partial charge in [0.1, 0.15) is 16.4 Å². The van der Waals surface area contributed by atoms with Gasteiger partial charge < -0.3 is 24.0 Å². The molecule has 1 aromatic heterocycles. The number of carbonyl (C=O) groups is 1. The van der Waals surface area contributed by atoms with Crippen LogP contribution in [0.15, 0.2) is 74.2 Å². The number of carbonyl (C=O) groups excluding carboxylic acids is 1. The molecule has 0 aliphatic carbocycles. The van der Waals surface area contributed by atoms with E-state index in [4.69, 9.17) is 9.47 Å². The smallest absolute Gasteiger partial charge is 0.344 e. The molecule has 2 aliphatic heterocycles. The largest absolute Gasteiger partial charge is 0.506 e. The Kier molecular flexibility index (Phi) is 8.54. The lowest BCUT2D eigenvalue weighted by Gasteiger charge is -2.30. The molecule has 9 heteroatoms. The van der Waals surface area contributed by atoms with Crippen molar-refractivity contribution in [2.24, 2.45) is 4.99 Å². The number of rotatable bonds is 6. The van der Waals surface area contributed by atoms with Gasteiger partial charge in [0.05, 0.1) is 36.1 Å². The number of aromatic nitrogens is 1. The number of ether oxygens (including phenoxy) is 2. The lowest BCUT2D eigenvalue weighted by atomic mass is 10.1. The van der Waals surface area contributed by atoms with Crippen LogP contribution in [0.2, 0.25) is 0 Å². The zero-order valence-corrected chi connectivity index (χ0v) is 25.4. The summed E-state index contributed by atoms with van der Waals surface area (Å²) in [6.07, 6.45) is 1.91. The molecule has 5 rings (SSSR count). The Labute approximate surface area is 247 Å². The fraction of sp³-hybridized carbons (Fsp3) is 0.290. The molecule has 2 aromatic carbocycles. The van der Waals surface area contributed by atoms with Crippen molar-refractivity contribution in [2.45, 2.75) is 27.7 Å². The van der Waals surface area contributed by atoms with Gasteiger partial charge in [-0.2, -0.15) is 0 Å². The second-order valence-corrected chi connectivity index (χ2v) is 11.6. The van der Waals surface area contributed by atoms with Crippen molar-refractivity contribution < 1.29 is 19.4 Å². The van der Waals surface area contributed by atoms with E-state index in [9.17, 15) is 9.90 Å². The monoisotopic (exact) mass is 621 g/mol. The van der Waals surface area contributed by atoms with Crippen LogP contribution in [0.5, 0.6) is 0 Å². The summed E-state index contributed by atoms with van der Waals surface area (Å²) < 4.78 is 14.0.